The van der Waals surface area contributed by atoms with Gasteiger partial charge in [0.05, 0.1) is 7.11 Å². The number of ether oxygens (including phenoxy) is 1. The molecule has 0 fully saturated rings. The Morgan fingerprint density at radius 3 is 2.73 bits per heavy atom. The number of hydrogen-bond donors (Lipinski definition) is 2. The largest absolute Gasteiger partial charge is 0.496 e. The molecule has 8 heteroatoms. The van der Waals surface area contributed by atoms with Gasteiger partial charge in [-0.2, -0.15) is 4.98 Å². The van der Waals surface area contributed by atoms with Gasteiger partial charge < -0.3 is 19.9 Å². The number of hydrogen-bond acceptors (Lipinski definition) is 5. The molecule has 0 spiro atoms. The van der Waals surface area contributed by atoms with Gasteiger partial charge in [-0.15, -0.1) is 24.0 Å². The molecule has 1 aromatic carbocycles. The molecule has 0 aliphatic heterocycles. The third kappa shape index (κ3) is 7.59. The van der Waals surface area contributed by atoms with Crippen LogP contribution in [0.1, 0.15) is 30.6 Å². The minimum atomic E-state index is 0. The van der Waals surface area contributed by atoms with E-state index in [9.17, 15) is 0 Å². The highest BCUT2D eigenvalue weighted by atomic mass is 127. The van der Waals surface area contributed by atoms with Crippen LogP contribution < -0.4 is 15.4 Å². The molecule has 0 aliphatic carbocycles. The summed E-state index contributed by atoms with van der Waals surface area (Å²) in [6.07, 6.45) is 2.48. The third-order valence-electron chi connectivity index (χ3n) is 3.61. The molecule has 2 rings (SSSR count). The Kier molecular flexibility index (Phi) is 10.7. The SMILES string of the molecule is CCNC(=NCCCc1nc(C)no1)NCCc1ccccc1OC.I. The number of halogens is 1. The van der Waals surface area contributed by atoms with Crippen LogP contribution in [0.15, 0.2) is 33.8 Å². The van der Waals surface area contributed by atoms with Gasteiger partial charge in [-0.05, 0) is 38.3 Å². The van der Waals surface area contributed by atoms with Gasteiger partial charge >= 0.3 is 0 Å². The van der Waals surface area contributed by atoms with E-state index in [1.165, 1.54) is 5.56 Å². The lowest BCUT2D eigenvalue weighted by Crippen LogP contribution is -2.38. The van der Waals surface area contributed by atoms with Gasteiger partial charge in [-0.3, -0.25) is 4.99 Å². The number of nitrogens with zero attached hydrogens (tertiary/aromatic N) is 3. The van der Waals surface area contributed by atoms with Crippen molar-refractivity contribution in [2.45, 2.75) is 33.1 Å². The first-order chi connectivity index (χ1) is 12.2. The second-order valence-corrected chi connectivity index (χ2v) is 5.59. The number of guanidine groups is 1. The Bertz CT molecular complexity index is 675. The summed E-state index contributed by atoms with van der Waals surface area (Å²) in [6, 6.07) is 8.06. The Balaban J connectivity index is 0.00000338. The molecule has 26 heavy (non-hydrogen) atoms. The van der Waals surface area contributed by atoms with Gasteiger partial charge in [0.2, 0.25) is 5.89 Å². The topological polar surface area (TPSA) is 84.6 Å². The van der Waals surface area contributed by atoms with Gasteiger partial charge in [0.15, 0.2) is 11.8 Å². The fraction of sp³-hybridized carbons (Fsp3) is 0.500. The predicted octanol–water partition coefficient (Wildman–Crippen LogP) is 2.74. The van der Waals surface area contributed by atoms with Crippen molar-refractivity contribution >= 4 is 29.9 Å². The first kappa shape index (κ1) is 22.2. The van der Waals surface area contributed by atoms with Gasteiger partial charge in [0.25, 0.3) is 0 Å². The van der Waals surface area contributed by atoms with Crippen LogP contribution in [0.25, 0.3) is 0 Å². The maximum atomic E-state index is 5.38. The summed E-state index contributed by atoms with van der Waals surface area (Å²) < 4.78 is 10.5. The zero-order valence-electron chi connectivity index (χ0n) is 15.6. The number of nitrogens with one attached hydrogen (secondary N) is 2. The van der Waals surface area contributed by atoms with Crippen molar-refractivity contribution in [2.75, 3.05) is 26.7 Å². The van der Waals surface area contributed by atoms with E-state index in [2.05, 4.69) is 38.8 Å². The van der Waals surface area contributed by atoms with Gasteiger partial charge in [0.1, 0.15) is 5.75 Å². The van der Waals surface area contributed by atoms with Crippen LogP contribution in [0.3, 0.4) is 0 Å². The maximum Gasteiger partial charge on any atom is 0.226 e. The number of aliphatic imine (C=N–C) groups is 1. The van der Waals surface area contributed by atoms with Crippen LogP contribution in [-0.2, 0) is 12.8 Å². The zero-order valence-corrected chi connectivity index (χ0v) is 17.9. The molecule has 7 nitrogen and oxygen atoms in total. The number of rotatable bonds is 9. The van der Waals surface area contributed by atoms with Crippen molar-refractivity contribution in [2.24, 2.45) is 4.99 Å². The summed E-state index contributed by atoms with van der Waals surface area (Å²) in [5, 5.41) is 10.4. The number of para-hydroxylation sites is 1. The van der Waals surface area contributed by atoms with Crippen LogP contribution >= 0.6 is 24.0 Å². The lowest BCUT2D eigenvalue weighted by atomic mass is 10.1. The molecule has 0 saturated carbocycles. The van der Waals surface area contributed by atoms with E-state index in [1.54, 1.807) is 7.11 Å². The zero-order chi connectivity index (χ0) is 17.9. The van der Waals surface area contributed by atoms with Crippen molar-refractivity contribution in [3.8, 4) is 5.75 Å². The summed E-state index contributed by atoms with van der Waals surface area (Å²) in [7, 11) is 1.70. The van der Waals surface area contributed by atoms with E-state index < -0.39 is 0 Å². The number of benzene rings is 1. The second-order valence-electron chi connectivity index (χ2n) is 5.59. The van der Waals surface area contributed by atoms with Crippen molar-refractivity contribution in [3.05, 3.63) is 41.5 Å². The Hall–Kier alpha value is -1.84. The molecule has 2 N–H and O–H groups in total. The van der Waals surface area contributed by atoms with Crippen molar-refractivity contribution in [1.29, 1.82) is 0 Å². The van der Waals surface area contributed by atoms with Crippen LogP contribution in [0, 0.1) is 6.92 Å². The van der Waals surface area contributed by atoms with Crippen LogP contribution in [0.5, 0.6) is 5.75 Å². The summed E-state index contributed by atoms with van der Waals surface area (Å²) in [5.41, 5.74) is 1.18. The monoisotopic (exact) mass is 473 g/mol. The standard InChI is InChI=1S/C18H27N5O2.HI/c1-4-19-18(20-12-7-10-17-22-14(2)23-25-17)21-13-11-15-8-5-6-9-16(15)24-3;/h5-6,8-9H,4,7,10-13H2,1-3H3,(H2,19,20,21);1H. The fourth-order valence-corrected chi connectivity index (χ4v) is 2.43. The lowest BCUT2D eigenvalue weighted by molar-refractivity contribution is 0.372. The minimum absolute atomic E-state index is 0. The first-order valence-corrected chi connectivity index (χ1v) is 8.66. The molecule has 0 radical (unpaired) electrons. The fourth-order valence-electron chi connectivity index (χ4n) is 2.43. The maximum absolute atomic E-state index is 5.38. The Morgan fingerprint density at radius 2 is 2.04 bits per heavy atom. The van der Waals surface area contributed by atoms with E-state index in [0.717, 1.165) is 44.1 Å². The molecule has 1 heterocycles. The molecule has 0 bridgehead atoms. The lowest BCUT2D eigenvalue weighted by Gasteiger charge is -2.12. The molecule has 0 saturated heterocycles. The van der Waals surface area contributed by atoms with E-state index in [1.807, 2.05) is 25.1 Å². The summed E-state index contributed by atoms with van der Waals surface area (Å²) >= 11 is 0. The highest BCUT2D eigenvalue weighted by Crippen LogP contribution is 2.17. The molecular formula is C18H28IN5O2. The van der Waals surface area contributed by atoms with Crippen molar-refractivity contribution < 1.29 is 9.26 Å². The van der Waals surface area contributed by atoms with E-state index >= 15 is 0 Å². The molecule has 0 aliphatic rings. The third-order valence-corrected chi connectivity index (χ3v) is 3.61. The second kappa shape index (κ2) is 12.5. The molecule has 0 atom stereocenters. The van der Waals surface area contributed by atoms with E-state index in [0.29, 0.717) is 18.3 Å². The first-order valence-electron chi connectivity index (χ1n) is 8.66. The van der Waals surface area contributed by atoms with Crippen molar-refractivity contribution in [3.63, 3.8) is 0 Å². The molecule has 0 amide bonds. The van der Waals surface area contributed by atoms with Crippen LogP contribution in [-0.4, -0.2) is 42.8 Å². The summed E-state index contributed by atoms with van der Waals surface area (Å²) in [5.74, 6) is 3.08. The average molecular weight is 473 g/mol. The molecule has 0 unspecified atom stereocenters. The molecule has 144 valence electrons. The number of aromatic nitrogens is 2. The summed E-state index contributed by atoms with van der Waals surface area (Å²) in [4.78, 5) is 8.78. The van der Waals surface area contributed by atoms with Crippen LogP contribution in [0.4, 0.5) is 0 Å². The Labute approximate surface area is 172 Å². The summed E-state index contributed by atoms with van der Waals surface area (Å²) in [6.45, 7) is 6.18. The Morgan fingerprint density at radius 1 is 1.23 bits per heavy atom. The number of methoxy groups -OCH3 is 1. The van der Waals surface area contributed by atoms with Gasteiger partial charge in [-0.25, -0.2) is 0 Å². The minimum Gasteiger partial charge on any atom is -0.496 e. The number of aryl methyl sites for hydroxylation is 2. The van der Waals surface area contributed by atoms with E-state index in [4.69, 9.17) is 9.26 Å². The molecule has 1 aromatic heterocycles. The quantitative estimate of drug-likeness (QED) is 0.252. The normalized spacial score (nSPS) is 11.0. The van der Waals surface area contributed by atoms with Gasteiger partial charge in [-0.1, -0.05) is 23.4 Å². The van der Waals surface area contributed by atoms with Crippen molar-refractivity contribution in [1.82, 2.24) is 20.8 Å². The average Bonchev–Trinajstić information content (AvgIpc) is 3.04. The predicted molar refractivity (Wildman–Crippen MR) is 113 cm³/mol. The molecular weight excluding hydrogens is 445 g/mol. The van der Waals surface area contributed by atoms with Gasteiger partial charge in [0, 0.05) is 26.1 Å². The van der Waals surface area contributed by atoms with E-state index in [-0.39, 0.29) is 24.0 Å². The smallest absolute Gasteiger partial charge is 0.226 e. The highest BCUT2D eigenvalue weighted by Gasteiger charge is 2.04. The van der Waals surface area contributed by atoms with Crippen LogP contribution in [0.2, 0.25) is 0 Å². The highest BCUT2D eigenvalue weighted by molar-refractivity contribution is 14.0. The molecule has 2 aromatic rings.